The van der Waals surface area contributed by atoms with E-state index in [0.29, 0.717) is 0 Å². The minimum absolute atomic E-state index is 0.0304. The van der Waals surface area contributed by atoms with Crippen LogP contribution in [0, 0.1) is 5.82 Å². The number of halogens is 2. The van der Waals surface area contributed by atoms with Crippen LogP contribution in [0.5, 0.6) is 0 Å². The van der Waals surface area contributed by atoms with E-state index in [-0.39, 0.29) is 16.7 Å². The standard InChI is InChI=1S/C8H7BrFNO3S/c9-4-7(12)5-1-2-6(10)8(3-5)15(11,13)14/h1-3H,4H2,(H2,11,13,14). The highest BCUT2D eigenvalue weighted by atomic mass is 79.9. The van der Waals surface area contributed by atoms with Crippen molar-refractivity contribution in [3.05, 3.63) is 29.6 Å². The SMILES string of the molecule is NS(=O)(=O)c1cc(C(=O)CBr)ccc1F. The maximum Gasteiger partial charge on any atom is 0.240 e. The molecule has 0 bridgehead atoms. The maximum absolute atomic E-state index is 13.1. The first-order valence-electron chi connectivity index (χ1n) is 3.78. The lowest BCUT2D eigenvalue weighted by Crippen LogP contribution is -2.15. The molecular formula is C8H7BrFNO3S. The van der Waals surface area contributed by atoms with Crippen LogP contribution >= 0.6 is 15.9 Å². The van der Waals surface area contributed by atoms with Crippen molar-refractivity contribution in [2.75, 3.05) is 5.33 Å². The quantitative estimate of drug-likeness (QED) is 0.669. The Labute approximate surface area is 94.5 Å². The van der Waals surface area contributed by atoms with Crippen LogP contribution in [0.25, 0.3) is 0 Å². The molecule has 0 fully saturated rings. The van der Waals surface area contributed by atoms with Gasteiger partial charge in [0.15, 0.2) is 5.78 Å². The number of hydrogen-bond acceptors (Lipinski definition) is 3. The summed E-state index contributed by atoms with van der Waals surface area (Å²) in [4.78, 5) is 10.5. The molecule has 0 saturated carbocycles. The lowest BCUT2D eigenvalue weighted by molar-refractivity contribution is 0.102. The Bertz CT molecular complexity index is 501. The normalized spacial score (nSPS) is 11.4. The van der Waals surface area contributed by atoms with E-state index >= 15 is 0 Å². The molecule has 0 aliphatic heterocycles. The molecule has 7 heteroatoms. The zero-order chi connectivity index (χ0) is 11.6. The zero-order valence-electron chi connectivity index (χ0n) is 7.41. The Kier molecular flexibility index (Phi) is 3.58. The van der Waals surface area contributed by atoms with Crippen molar-refractivity contribution in [1.82, 2.24) is 0 Å². The van der Waals surface area contributed by atoms with Crippen molar-refractivity contribution in [2.24, 2.45) is 5.14 Å². The van der Waals surface area contributed by atoms with Crippen molar-refractivity contribution in [1.29, 1.82) is 0 Å². The molecule has 4 nitrogen and oxygen atoms in total. The Hall–Kier alpha value is -0.790. The second-order valence-electron chi connectivity index (χ2n) is 2.75. The van der Waals surface area contributed by atoms with Gasteiger partial charge in [-0.2, -0.15) is 0 Å². The predicted molar refractivity (Wildman–Crippen MR) is 55.9 cm³/mol. The first-order chi connectivity index (χ1) is 6.86. The topological polar surface area (TPSA) is 77.2 Å². The molecule has 82 valence electrons. The van der Waals surface area contributed by atoms with E-state index < -0.39 is 20.7 Å². The highest BCUT2D eigenvalue weighted by Gasteiger charge is 2.16. The minimum atomic E-state index is -4.14. The number of rotatable bonds is 3. The van der Waals surface area contributed by atoms with Crippen LogP contribution in [0.2, 0.25) is 0 Å². The number of alkyl halides is 1. The van der Waals surface area contributed by atoms with Crippen LogP contribution in [0.1, 0.15) is 10.4 Å². The van der Waals surface area contributed by atoms with E-state index in [9.17, 15) is 17.6 Å². The van der Waals surface area contributed by atoms with Crippen molar-refractivity contribution in [3.63, 3.8) is 0 Å². The summed E-state index contributed by atoms with van der Waals surface area (Å²) in [5.41, 5.74) is 0.0947. The van der Waals surface area contributed by atoms with Gasteiger partial charge in [-0.1, -0.05) is 15.9 Å². The van der Waals surface area contributed by atoms with E-state index in [2.05, 4.69) is 15.9 Å². The summed E-state index contributed by atoms with van der Waals surface area (Å²) >= 11 is 2.92. The molecule has 0 aromatic heterocycles. The number of carbonyl (C=O) groups excluding carboxylic acids is 1. The van der Waals surface area contributed by atoms with E-state index in [4.69, 9.17) is 5.14 Å². The lowest BCUT2D eigenvalue weighted by atomic mass is 10.1. The van der Waals surface area contributed by atoms with Gasteiger partial charge in [0.25, 0.3) is 0 Å². The van der Waals surface area contributed by atoms with E-state index in [1.807, 2.05) is 0 Å². The second-order valence-corrected chi connectivity index (χ2v) is 4.84. The molecule has 0 radical (unpaired) electrons. The molecule has 0 heterocycles. The van der Waals surface area contributed by atoms with E-state index in [0.717, 1.165) is 12.1 Å². The third-order valence-electron chi connectivity index (χ3n) is 1.68. The molecule has 0 aliphatic rings. The van der Waals surface area contributed by atoms with E-state index in [1.165, 1.54) is 6.07 Å². The molecule has 0 unspecified atom stereocenters. The Morgan fingerprint density at radius 2 is 2.07 bits per heavy atom. The molecule has 0 saturated heterocycles. The summed E-state index contributed by atoms with van der Waals surface area (Å²) < 4.78 is 34.9. The van der Waals surface area contributed by atoms with Gasteiger partial charge in [-0.3, -0.25) is 4.79 Å². The maximum atomic E-state index is 13.1. The molecular weight excluding hydrogens is 289 g/mol. The molecule has 0 atom stereocenters. The number of Topliss-reactive ketones (excluding diaryl/α,β-unsaturated/α-hetero) is 1. The van der Waals surface area contributed by atoms with Crippen LogP contribution in [0.4, 0.5) is 4.39 Å². The van der Waals surface area contributed by atoms with Crippen LogP contribution in [-0.4, -0.2) is 19.5 Å². The number of ketones is 1. The summed E-state index contributed by atoms with van der Waals surface area (Å²) in [5.74, 6) is -1.32. The lowest BCUT2D eigenvalue weighted by Gasteiger charge is -2.02. The van der Waals surface area contributed by atoms with Gasteiger partial charge in [0.1, 0.15) is 10.7 Å². The second kappa shape index (κ2) is 4.38. The van der Waals surface area contributed by atoms with Gasteiger partial charge in [0.05, 0.1) is 5.33 Å². The van der Waals surface area contributed by atoms with Crippen LogP contribution in [-0.2, 0) is 10.0 Å². The molecule has 15 heavy (non-hydrogen) atoms. The zero-order valence-corrected chi connectivity index (χ0v) is 9.81. The molecule has 1 rings (SSSR count). The number of hydrogen-bond donors (Lipinski definition) is 1. The van der Waals surface area contributed by atoms with Gasteiger partial charge >= 0.3 is 0 Å². The van der Waals surface area contributed by atoms with Gasteiger partial charge < -0.3 is 0 Å². The van der Waals surface area contributed by atoms with Crippen LogP contribution in [0.3, 0.4) is 0 Å². The van der Waals surface area contributed by atoms with Crippen molar-refractivity contribution in [3.8, 4) is 0 Å². The van der Waals surface area contributed by atoms with Crippen molar-refractivity contribution >= 4 is 31.7 Å². The fourth-order valence-corrected chi connectivity index (χ4v) is 1.93. The van der Waals surface area contributed by atoms with Gasteiger partial charge in [-0.25, -0.2) is 17.9 Å². The number of primary sulfonamides is 1. The Morgan fingerprint density at radius 1 is 1.47 bits per heavy atom. The van der Waals surface area contributed by atoms with Crippen LogP contribution < -0.4 is 5.14 Å². The van der Waals surface area contributed by atoms with Crippen molar-refractivity contribution < 1.29 is 17.6 Å². The van der Waals surface area contributed by atoms with Crippen LogP contribution in [0.15, 0.2) is 23.1 Å². The molecule has 0 amide bonds. The number of sulfonamides is 1. The summed E-state index contributed by atoms with van der Waals surface area (Å²) in [6.07, 6.45) is 0. The highest BCUT2D eigenvalue weighted by Crippen LogP contribution is 2.15. The number of benzene rings is 1. The summed E-state index contributed by atoms with van der Waals surface area (Å²) in [5, 5.41) is 4.81. The van der Waals surface area contributed by atoms with Gasteiger partial charge in [0.2, 0.25) is 10.0 Å². The molecule has 2 N–H and O–H groups in total. The molecule has 0 spiro atoms. The van der Waals surface area contributed by atoms with E-state index in [1.54, 1.807) is 0 Å². The number of nitrogens with two attached hydrogens (primary N) is 1. The minimum Gasteiger partial charge on any atom is -0.293 e. The first-order valence-corrected chi connectivity index (χ1v) is 6.44. The smallest absolute Gasteiger partial charge is 0.240 e. The third kappa shape index (κ3) is 2.83. The Balaban J connectivity index is 3.36. The summed E-state index contributed by atoms with van der Waals surface area (Å²) in [7, 11) is -4.14. The summed E-state index contributed by atoms with van der Waals surface area (Å²) in [6, 6.07) is 3.03. The first kappa shape index (κ1) is 12.3. The van der Waals surface area contributed by atoms with Gasteiger partial charge in [0, 0.05) is 5.56 Å². The predicted octanol–water partition coefficient (Wildman–Crippen LogP) is 1.05. The average Bonchev–Trinajstić information content (AvgIpc) is 2.15. The molecule has 0 aliphatic carbocycles. The monoisotopic (exact) mass is 295 g/mol. The third-order valence-corrected chi connectivity index (χ3v) is 3.12. The van der Waals surface area contributed by atoms with Crippen molar-refractivity contribution in [2.45, 2.75) is 4.90 Å². The highest BCUT2D eigenvalue weighted by molar-refractivity contribution is 9.09. The van der Waals surface area contributed by atoms with Gasteiger partial charge in [-0.05, 0) is 18.2 Å². The molecule has 1 aromatic carbocycles. The Morgan fingerprint density at radius 3 is 2.53 bits per heavy atom. The largest absolute Gasteiger partial charge is 0.293 e. The summed E-state index contributed by atoms with van der Waals surface area (Å²) in [6.45, 7) is 0. The molecule has 1 aromatic rings. The fourth-order valence-electron chi connectivity index (χ4n) is 0.972. The average molecular weight is 296 g/mol. The number of carbonyl (C=O) groups is 1. The fraction of sp³-hybridized carbons (Fsp3) is 0.125. The van der Waals surface area contributed by atoms with Gasteiger partial charge in [-0.15, -0.1) is 0 Å².